The minimum Gasteiger partial charge on any atom is -0.394 e. The molecule has 1 aliphatic rings. The number of rotatable bonds is 2. The number of aromatic nitrogens is 2. The Hall–Kier alpha value is -1.41. The van der Waals surface area contributed by atoms with Crippen LogP contribution in [0.15, 0.2) is 12.1 Å². The fourth-order valence-corrected chi connectivity index (χ4v) is 1.98. The van der Waals surface area contributed by atoms with Gasteiger partial charge in [0.25, 0.3) is 0 Å². The molecule has 1 aromatic rings. The van der Waals surface area contributed by atoms with Crippen molar-refractivity contribution in [2.24, 2.45) is 0 Å². The molecule has 1 N–H and O–H groups in total. The Morgan fingerprint density at radius 1 is 1.37 bits per heavy atom. The molecule has 0 radical (unpaired) electrons. The number of anilines is 1. The molecule has 2 atom stereocenters. The van der Waals surface area contributed by atoms with Crippen LogP contribution in [0.5, 0.6) is 0 Å². The lowest BCUT2D eigenvalue weighted by molar-refractivity contribution is -0.141. The zero-order valence-electron chi connectivity index (χ0n) is 10.3. The molecular weight excluding hydrogens is 263 g/mol. The van der Waals surface area contributed by atoms with Crippen LogP contribution < -0.4 is 4.90 Å². The van der Waals surface area contributed by atoms with Crippen LogP contribution in [-0.4, -0.2) is 47.2 Å². The zero-order valence-corrected chi connectivity index (χ0v) is 10.3. The van der Waals surface area contributed by atoms with Gasteiger partial charge in [-0.15, -0.1) is 10.2 Å². The van der Waals surface area contributed by atoms with Crippen molar-refractivity contribution in [3.8, 4) is 0 Å². The van der Waals surface area contributed by atoms with Crippen LogP contribution in [0.3, 0.4) is 0 Å². The van der Waals surface area contributed by atoms with Crippen molar-refractivity contribution in [1.82, 2.24) is 10.2 Å². The van der Waals surface area contributed by atoms with E-state index in [-0.39, 0.29) is 18.8 Å². The van der Waals surface area contributed by atoms with Gasteiger partial charge in [-0.05, 0) is 19.1 Å². The molecule has 2 heterocycles. The number of halogens is 3. The minimum atomic E-state index is -4.49. The van der Waals surface area contributed by atoms with Gasteiger partial charge in [-0.1, -0.05) is 0 Å². The number of hydrogen-bond acceptors (Lipinski definition) is 5. The average Bonchev–Trinajstić information content (AvgIpc) is 2.37. The molecule has 1 fully saturated rings. The third-order valence-electron chi connectivity index (χ3n) is 2.79. The quantitative estimate of drug-likeness (QED) is 0.876. The highest BCUT2D eigenvalue weighted by Gasteiger charge is 2.33. The molecule has 0 bridgehead atoms. The van der Waals surface area contributed by atoms with E-state index in [1.165, 1.54) is 6.07 Å². The second-order valence-electron chi connectivity index (χ2n) is 4.43. The highest BCUT2D eigenvalue weighted by Crippen LogP contribution is 2.28. The van der Waals surface area contributed by atoms with Crippen molar-refractivity contribution in [2.75, 3.05) is 24.6 Å². The molecule has 0 spiro atoms. The summed E-state index contributed by atoms with van der Waals surface area (Å²) in [5.74, 6) is 0.349. The first-order valence-electron chi connectivity index (χ1n) is 5.82. The van der Waals surface area contributed by atoms with E-state index < -0.39 is 11.9 Å². The second kappa shape index (κ2) is 5.30. The molecule has 1 aromatic heterocycles. The van der Waals surface area contributed by atoms with Gasteiger partial charge in [-0.3, -0.25) is 0 Å². The minimum absolute atomic E-state index is 0.130. The van der Waals surface area contributed by atoms with Gasteiger partial charge in [0.15, 0.2) is 11.5 Å². The average molecular weight is 277 g/mol. The molecular formula is C11H14F3N3O2. The van der Waals surface area contributed by atoms with Gasteiger partial charge >= 0.3 is 6.18 Å². The summed E-state index contributed by atoms with van der Waals surface area (Å²) in [7, 11) is 0. The summed E-state index contributed by atoms with van der Waals surface area (Å²) in [6, 6.07) is 2.18. The number of aliphatic hydroxyl groups excluding tert-OH is 1. The molecule has 0 aromatic carbocycles. The normalized spacial score (nSPS) is 24.6. The summed E-state index contributed by atoms with van der Waals surface area (Å²) < 4.78 is 42.6. The van der Waals surface area contributed by atoms with E-state index in [2.05, 4.69) is 10.2 Å². The van der Waals surface area contributed by atoms with E-state index in [4.69, 9.17) is 9.84 Å². The standard InChI is InChI=1S/C11H14F3N3O2/c1-7-4-17(5-8(6-18)19-7)10-3-2-9(15-16-10)11(12,13)14/h2-3,7-8,18H,4-6H2,1H3. The highest BCUT2D eigenvalue weighted by molar-refractivity contribution is 5.38. The maximum Gasteiger partial charge on any atom is 0.435 e. The van der Waals surface area contributed by atoms with Crippen molar-refractivity contribution in [3.05, 3.63) is 17.8 Å². The maximum atomic E-state index is 12.4. The van der Waals surface area contributed by atoms with Gasteiger partial charge in [0.1, 0.15) is 0 Å². The van der Waals surface area contributed by atoms with Crippen LogP contribution in [-0.2, 0) is 10.9 Å². The van der Waals surface area contributed by atoms with Crippen LogP contribution in [0.25, 0.3) is 0 Å². The molecule has 8 heteroatoms. The van der Waals surface area contributed by atoms with Gasteiger partial charge in [0.2, 0.25) is 0 Å². The van der Waals surface area contributed by atoms with Gasteiger partial charge in [0.05, 0.1) is 18.8 Å². The Morgan fingerprint density at radius 2 is 2.11 bits per heavy atom. The largest absolute Gasteiger partial charge is 0.435 e. The topological polar surface area (TPSA) is 58.5 Å². The molecule has 2 unspecified atom stereocenters. The van der Waals surface area contributed by atoms with Crippen LogP contribution in [0, 0.1) is 0 Å². The van der Waals surface area contributed by atoms with Crippen LogP contribution >= 0.6 is 0 Å². The third kappa shape index (κ3) is 3.32. The highest BCUT2D eigenvalue weighted by atomic mass is 19.4. The van der Waals surface area contributed by atoms with Crippen molar-refractivity contribution in [3.63, 3.8) is 0 Å². The SMILES string of the molecule is CC1CN(c2ccc(C(F)(F)F)nn2)CC(CO)O1. The summed E-state index contributed by atoms with van der Waals surface area (Å²) >= 11 is 0. The summed E-state index contributed by atoms with van der Waals surface area (Å²) in [6.45, 7) is 2.55. The lowest BCUT2D eigenvalue weighted by atomic mass is 10.2. The predicted molar refractivity (Wildman–Crippen MR) is 60.7 cm³/mol. The molecule has 19 heavy (non-hydrogen) atoms. The Balaban J connectivity index is 2.13. The van der Waals surface area contributed by atoms with Gasteiger partial charge in [-0.2, -0.15) is 13.2 Å². The number of alkyl halides is 3. The van der Waals surface area contributed by atoms with Crippen molar-refractivity contribution in [2.45, 2.75) is 25.3 Å². The number of morpholine rings is 1. The van der Waals surface area contributed by atoms with E-state index in [9.17, 15) is 13.2 Å². The summed E-state index contributed by atoms with van der Waals surface area (Å²) in [6.07, 6.45) is -4.99. The van der Waals surface area contributed by atoms with Gasteiger partial charge in [-0.25, -0.2) is 0 Å². The Labute approximate surface area is 108 Å². The van der Waals surface area contributed by atoms with E-state index >= 15 is 0 Å². The Kier molecular flexibility index (Phi) is 3.91. The first kappa shape index (κ1) is 14.0. The van der Waals surface area contributed by atoms with Crippen molar-refractivity contribution in [1.29, 1.82) is 0 Å². The molecule has 0 aliphatic carbocycles. The number of hydrogen-bond donors (Lipinski definition) is 1. The molecule has 2 rings (SSSR count). The Bertz CT molecular complexity index is 424. The van der Waals surface area contributed by atoms with Crippen LogP contribution in [0.2, 0.25) is 0 Å². The number of ether oxygens (including phenoxy) is 1. The number of aliphatic hydroxyl groups is 1. The van der Waals surface area contributed by atoms with Crippen LogP contribution in [0.4, 0.5) is 19.0 Å². The van der Waals surface area contributed by atoms with Gasteiger partial charge in [0, 0.05) is 13.1 Å². The van der Waals surface area contributed by atoms with E-state index in [1.54, 1.807) is 4.90 Å². The fourth-order valence-electron chi connectivity index (χ4n) is 1.98. The molecule has 106 valence electrons. The van der Waals surface area contributed by atoms with Crippen molar-refractivity contribution < 1.29 is 23.0 Å². The zero-order chi connectivity index (χ0) is 14.0. The first-order valence-corrected chi connectivity index (χ1v) is 5.82. The second-order valence-corrected chi connectivity index (χ2v) is 4.43. The third-order valence-corrected chi connectivity index (χ3v) is 2.79. The van der Waals surface area contributed by atoms with E-state index in [1.807, 2.05) is 6.92 Å². The summed E-state index contributed by atoms with van der Waals surface area (Å²) in [5, 5.41) is 15.9. The molecule has 0 amide bonds. The maximum absolute atomic E-state index is 12.4. The smallest absolute Gasteiger partial charge is 0.394 e. The first-order chi connectivity index (χ1) is 8.90. The van der Waals surface area contributed by atoms with E-state index in [0.717, 1.165) is 6.07 Å². The molecule has 5 nitrogen and oxygen atoms in total. The molecule has 1 saturated heterocycles. The number of nitrogens with zero attached hydrogens (tertiary/aromatic N) is 3. The van der Waals surface area contributed by atoms with Crippen LogP contribution in [0.1, 0.15) is 12.6 Å². The molecule has 0 saturated carbocycles. The monoisotopic (exact) mass is 277 g/mol. The summed E-state index contributed by atoms with van der Waals surface area (Å²) in [5.41, 5.74) is -1.02. The van der Waals surface area contributed by atoms with Crippen molar-refractivity contribution >= 4 is 5.82 Å². The fraction of sp³-hybridized carbons (Fsp3) is 0.636. The van der Waals surface area contributed by atoms with E-state index in [0.29, 0.717) is 18.9 Å². The summed E-state index contributed by atoms with van der Waals surface area (Å²) in [4.78, 5) is 1.75. The molecule has 1 aliphatic heterocycles. The lowest BCUT2D eigenvalue weighted by Gasteiger charge is -2.36. The lowest BCUT2D eigenvalue weighted by Crippen LogP contribution is -2.48. The predicted octanol–water partition coefficient (Wildman–Crippen LogP) is 1.08. The van der Waals surface area contributed by atoms with Gasteiger partial charge < -0.3 is 14.7 Å². The Morgan fingerprint density at radius 3 is 2.63 bits per heavy atom.